The van der Waals surface area contributed by atoms with Crippen LogP contribution >= 0.6 is 0 Å². The van der Waals surface area contributed by atoms with E-state index in [9.17, 15) is 8.78 Å². The first kappa shape index (κ1) is 39.9. The van der Waals surface area contributed by atoms with E-state index in [1.807, 2.05) is 60.7 Å². The predicted molar refractivity (Wildman–Crippen MR) is 198 cm³/mol. The molecule has 1 saturated heterocycles. The molecule has 6 aromatic rings. The molecule has 5 nitrogen and oxygen atoms in total. The van der Waals surface area contributed by atoms with Crippen LogP contribution in [0.3, 0.4) is 0 Å². The average Bonchev–Trinajstić information content (AvgIpc) is 3.34. The molecule has 0 N–H and O–H groups in total. The summed E-state index contributed by atoms with van der Waals surface area (Å²) in [6, 6.07) is 23.1. The summed E-state index contributed by atoms with van der Waals surface area (Å²) in [5.41, 5.74) is 4.34. The van der Waals surface area contributed by atoms with Gasteiger partial charge < -0.3 is 40.4 Å². The van der Waals surface area contributed by atoms with Crippen molar-refractivity contribution in [2.75, 3.05) is 65.9 Å². The molecular formula is C44H38BrF6NO4. The van der Waals surface area contributed by atoms with Crippen LogP contribution in [0.25, 0.3) is 54.9 Å². The van der Waals surface area contributed by atoms with Gasteiger partial charge in [-0.1, -0.05) is 48.5 Å². The summed E-state index contributed by atoms with van der Waals surface area (Å²) in [5.74, 6) is -8.39. The minimum atomic E-state index is -1.56. The second kappa shape index (κ2) is 17.1. The van der Waals surface area contributed by atoms with Crippen LogP contribution in [0.5, 0.6) is 0 Å². The molecule has 0 amide bonds. The van der Waals surface area contributed by atoms with Gasteiger partial charge in [-0.15, -0.1) is 0 Å². The lowest BCUT2D eigenvalue weighted by Crippen LogP contribution is -3.00. The summed E-state index contributed by atoms with van der Waals surface area (Å²) >= 11 is 0. The van der Waals surface area contributed by atoms with Gasteiger partial charge >= 0.3 is 0 Å². The minimum Gasteiger partial charge on any atom is -1.00 e. The highest BCUT2D eigenvalue weighted by molar-refractivity contribution is 6.12. The molecule has 0 aliphatic carbocycles. The number of hydrogen-bond donors (Lipinski definition) is 0. The monoisotopic (exact) mass is 837 g/mol. The maximum Gasteiger partial charge on any atom is 0.194 e. The number of hydrogen-bond acceptors (Lipinski definition) is 4. The van der Waals surface area contributed by atoms with Gasteiger partial charge in [0.1, 0.15) is 26.2 Å². The van der Waals surface area contributed by atoms with Crippen LogP contribution in [0, 0.1) is 34.9 Å². The highest BCUT2D eigenvalue weighted by Gasteiger charge is 2.38. The Morgan fingerprint density at radius 3 is 1.14 bits per heavy atom. The first-order valence-electron chi connectivity index (χ1n) is 18.3. The minimum absolute atomic E-state index is 0. The van der Waals surface area contributed by atoms with Gasteiger partial charge in [-0.2, -0.15) is 0 Å². The van der Waals surface area contributed by atoms with E-state index < -0.39 is 34.9 Å². The molecule has 0 saturated carbocycles. The van der Waals surface area contributed by atoms with E-state index in [1.165, 1.54) is 0 Å². The van der Waals surface area contributed by atoms with E-state index in [1.54, 1.807) is 0 Å². The lowest BCUT2D eigenvalue weighted by Gasteiger charge is -2.39. The highest BCUT2D eigenvalue weighted by Crippen LogP contribution is 2.50. The SMILES string of the molecule is Fc1cc(-c2cc3ccccc3c3c2C[N+]2(CCOCCOCCOCCOCC2)Cc2c(-c4cc(F)c(F)c(F)c4)cc4ccccc4c2-3)cc(F)c1F.[Br-]. The molecule has 2 aliphatic rings. The van der Waals surface area contributed by atoms with Crippen LogP contribution in [0.15, 0.2) is 84.9 Å². The van der Waals surface area contributed by atoms with Gasteiger partial charge in [-0.3, -0.25) is 0 Å². The number of fused-ring (bicyclic) bond motifs is 7. The van der Waals surface area contributed by atoms with E-state index in [-0.39, 0.29) is 32.6 Å². The van der Waals surface area contributed by atoms with Crippen molar-refractivity contribution in [2.45, 2.75) is 13.1 Å². The fraction of sp³-hybridized carbons (Fsp3) is 0.273. The molecule has 2 aliphatic heterocycles. The average molecular weight is 839 g/mol. The van der Waals surface area contributed by atoms with Gasteiger partial charge in [0.15, 0.2) is 34.9 Å². The number of ether oxygens (including phenoxy) is 4. The molecule has 292 valence electrons. The Morgan fingerprint density at radius 1 is 0.429 bits per heavy atom. The van der Waals surface area contributed by atoms with Crippen molar-refractivity contribution in [2.24, 2.45) is 0 Å². The molecule has 2 heterocycles. The molecule has 1 fully saturated rings. The van der Waals surface area contributed by atoms with Gasteiger partial charge in [-0.25, -0.2) is 26.3 Å². The first-order chi connectivity index (χ1) is 26.7. The van der Waals surface area contributed by atoms with Crippen LogP contribution in [0.1, 0.15) is 11.1 Å². The van der Waals surface area contributed by atoms with Crippen LogP contribution in [0.2, 0.25) is 0 Å². The lowest BCUT2D eigenvalue weighted by atomic mass is 9.82. The Kier molecular flexibility index (Phi) is 12.2. The maximum atomic E-state index is 15.1. The standard InChI is InChI=1S/C44H38F6NO4.BrH/c45-37-21-29(22-38(46)43(37)49)33-19-27-5-1-3-7-31(27)41-35(33)25-51(9-11-52-13-15-54-17-18-55-16-14-53-12-10-51)26-36-34(30-23-39(47)44(50)40(48)24-30)20-28-6-2-4-8-32(28)42(36)41;/h1-8,19-24H,9-18,25-26H2;1H/q+1;/p-1. The third-order valence-electron chi connectivity index (χ3n) is 10.7. The smallest absolute Gasteiger partial charge is 0.194 e. The number of rotatable bonds is 2. The molecule has 8 rings (SSSR count). The molecule has 12 heteroatoms. The van der Waals surface area contributed by atoms with Gasteiger partial charge in [0.2, 0.25) is 0 Å². The Morgan fingerprint density at radius 2 is 0.768 bits per heavy atom. The van der Waals surface area contributed by atoms with Crippen molar-refractivity contribution in [3.8, 4) is 33.4 Å². The molecule has 6 aromatic carbocycles. The van der Waals surface area contributed by atoms with Gasteiger partial charge in [0.25, 0.3) is 0 Å². The zero-order valence-electron chi connectivity index (χ0n) is 30.3. The van der Waals surface area contributed by atoms with Crippen molar-refractivity contribution in [1.82, 2.24) is 0 Å². The Labute approximate surface area is 330 Å². The number of halogens is 7. The van der Waals surface area contributed by atoms with Crippen molar-refractivity contribution in [3.63, 3.8) is 0 Å². The van der Waals surface area contributed by atoms with Crippen LogP contribution in [-0.4, -0.2) is 70.4 Å². The summed E-state index contributed by atoms with van der Waals surface area (Å²) in [7, 11) is 0. The van der Waals surface area contributed by atoms with Crippen LogP contribution in [0.4, 0.5) is 26.3 Å². The molecule has 0 radical (unpaired) electrons. The van der Waals surface area contributed by atoms with E-state index in [0.717, 1.165) is 68.1 Å². The second-order valence-corrected chi connectivity index (χ2v) is 14.1. The maximum absolute atomic E-state index is 15.1. The fourth-order valence-electron chi connectivity index (χ4n) is 8.05. The van der Waals surface area contributed by atoms with Crippen molar-refractivity contribution < 1.29 is 66.8 Å². The Hall–Kier alpha value is -4.30. The summed E-state index contributed by atoms with van der Waals surface area (Å²) in [4.78, 5) is 0. The van der Waals surface area contributed by atoms with Gasteiger partial charge in [0, 0.05) is 22.3 Å². The Balaban J connectivity index is 0.00000480. The normalized spacial score (nSPS) is 16.7. The third-order valence-corrected chi connectivity index (χ3v) is 10.7. The van der Waals surface area contributed by atoms with Crippen LogP contribution < -0.4 is 17.0 Å². The molecule has 0 unspecified atom stereocenters. The first-order valence-corrected chi connectivity index (χ1v) is 18.3. The van der Waals surface area contributed by atoms with E-state index in [2.05, 4.69) is 0 Å². The molecule has 0 bridgehead atoms. The van der Waals surface area contributed by atoms with Crippen molar-refractivity contribution in [3.05, 3.63) is 131 Å². The van der Waals surface area contributed by atoms with Gasteiger partial charge in [-0.05, 0) is 80.2 Å². The number of benzene rings is 6. The molecule has 0 atom stereocenters. The highest BCUT2D eigenvalue weighted by atomic mass is 79.9. The molecule has 56 heavy (non-hydrogen) atoms. The van der Waals surface area contributed by atoms with E-state index in [0.29, 0.717) is 90.2 Å². The zero-order chi connectivity index (χ0) is 38.1. The van der Waals surface area contributed by atoms with Crippen LogP contribution in [-0.2, 0) is 32.0 Å². The lowest BCUT2D eigenvalue weighted by molar-refractivity contribution is -0.953. The zero-order valence-corrected chi connectivity index (χ0v) is 31.9. The predicted octanol–water partition coefficient (Wildman–Crippen LogP) is 6.74. The largest absolute Gasteiger partial charge is 1.00 e. The fourth-order valence-corrected chi connectivity index (χ4v) is 8.05. The summed E-state index contributed by atoms with van der Waals surface area (Å²) < 4.78 is 113. The number of quaternary nitrogens is 1. The van der Waals surface area contributed by atoms with Gasteiger partial charge in [0.05, 0.1) is 52.9 Å². The van der Waals surface area contributed by atoms with E-state index in [4.69, 9.17) is 18.9 Å². The van der Waals surface area contributed by atoms with Crippen molar-refractivity contribution >= 4 is 21.5 Å². The molecular weight excluding hydrogens is 800 g/mol. The second-order valence-electron chi connectivity index (χ2n) is 14.1. The summed E-state index contributed by atoms with van der Waals surface area (Å²) in [6.07, 6.45) is 0. The van der Waals surface area contributed by atoms with E-state index >= 15 is 17.6 Å². The summed E-state index contributed by atoms with van der Waals surface area (Å²) in [6.45, 7) is 4.32. The molecule has 1 spiro atoms. The third kappa shape index (κ3) is 7.83. The van der Waals surface area contributed by atoms with Crippen molar-refractivity contribution in [1.29, 1.82) is 0 Å². The quantitative estimate of drug-likeness (QED) is 0.110. The molecule has 0 aromatic heterocycles. The number of nitrogens with zero attached hydrogens (tertiary/aromatic N) is 1. The topological polar surface area (TPSA) is 36.9 Å². The summed E-state index contributed by atoms with van der Waals surface area (Å²) in [5, 5.41) is 3.20. The Bertz CT molecular complexity index is 2200.